The monoisotopic (exact) mass is 274 g/mol. The molecule has 0 radical (unpaired) electrons. The SMILES string of the molecule is CN=C(I)Nc1ccccc1C. The number of para-hydroxylation sites is 1. The lowest BCUT2D eigenvalue weighted by Crippen LogP contribution is -2.04. The van der Waals surface area contributed by atoms with Crippen LogP contribution in [-0.4, -0.2) is 10.9 Å². The number of amidine groups is 1. The fraction of sp³-hybridized carbons (Fsp3) is 0.222. The molecule has 0 amide bonds. The average Bonchev–Trinajstić information content (AvgIpc) is 2.09. The summed E-state index contributed by atoms with van der Waals surface area (Å²) < 4.78 is 0.905. The van der Waals surface area contributed by atoms with Crippen molar-refractivity contribution in [1.82, 2.24) is 0 Å². The number of halogens is 1. The molecule has 0 saturated carbocycles. The van der Waals surface area contributed by atoms with Crippen LogP contribution in [-0.2, 0) is 0 Å². The van der Waals surface area contributed by atoms with E-state index in [-0.39, 0.29) is 0 Å². The predicted octanol–water partition coefficient (Wildman–Crippen LogP) is 2.83. The van der Waals surface area contributed by atoms with Crippen LogP contribution in [0.3, 0.4) is 0 Å². The normalized spacial score (nSPS) is 11.4. The Balaban J connectivity index is 2.82. The highest BCUT2D eigenvalue weighted by molar-refractivity contribution is 14.1. The molecule has 0 aliphatic carbocycles. The molecule has 0 unspecified atom stereocenters. The maximum absolute atomic E-state index is 4.02. The quantitative estimate of drug-likeness (QED) is 0.362. The van der Waals surface area contributed by atoms with Crippen molar-refractivity contribution in [3.63, 3.8) is 0 Å². The molecule has 0 aliphatic rings. The molecule has 0 aliphatic heterocycles. The summed E-state index contributed by atoms with van der Waals surface area (Å²) >= 11 is 2.16. The van der Waals surface area contributed by atoms with Crippen molar-refractivity contribution in [2.45, 2.75) is 6.92 Å². The second kappa shape index (κ2) is 4.45. The summed E-state index contributed by atoms with van der Waals surface area (Å²) in [6.45, 7) is 2.07. The second-order valence-corrected chi connectivity index (χ2v) is 3.48. The largest absolute Gasteiger partial charge is 0.335 e. The number of aryl methyl sites for hydroxylation is 1. The summed E-state index contributed by atoms with van der Waals surface area (Å²) in [5.41, 5.74) is 2.35. The zero-order chi connectivity index (χ0) is 8.97. The summed E-state index contributed by atoms with van der Waals surface area (Å²) in [5, 5.41) is 3.20. The zero-order valence-corrected chi connectivity index (χ0v) is 9.29. The van der Waals surface area contributed by atoms with E-state index in [0.29, 0.717) is 0 Å². The topological polar surface area (TPSA) is 24.4 Å². The Hall–Kier alpha value is -0.580. The van der Waals surface area contributed by atoms with E-state index < -0.39 is 0 Å². The van der Waals surface area contributed by atoms with Crippen LogP contribution in [0.25, 0.3) is 0 Å². The van der Waals surface area contributed by atoms with E-state index in [1.54, 1.807) is 7.05 Å². The van der Waals surface area contributed by atoms with Gasteiger partial charge in [0.05, 0.1) is 0 Å². The number of benzene rings is 1. The predicted molar refractivity (Wildman–Crippen MR) is 62.2 cm³/mol. The Labute approximate surface area is 86.2 Å². The lowest BCUT2D eigenvalue weighted by Gasteiger charge is -2.06. The molecule has 64 valence electrons. The lowest BCUT2D eigenvalue weighted by atomic mass is 10.2. The fourth-order valence-electron chi connectivity index (χ4n) is 0.880. The molecule has 0 saturated heterocycles. The van der Waals surface area contributed by atoms with E-state index in [9.17, 15) is 0 Å². The summed E-state index contributed by atoms with van der Waals surface area (Å²) in [4.78, 5) is 4.02. The Morgan fingerprint density at radius 2 is 2.08 bits per heavy atom. The standard InChI is InChI=1S/C9H11IN2/c1-7-5-3-4-6-8(7)12-9(10)11-2/h3-6H,1-2H3,(H,11,12). The number of nitrogens with zero attached hydrogens (tertiary/aromatic N) is 1. The fourth-order valence-corrected chi connectivity index (χ4v) is 1.17. The van der Waals surface area contributed by atoms with Crippen LogP contribution in [0.2, 0.25) is 0 Å². The molecule has 12 heavy (non-hydrogen) atoms. The molecular weight excluding hydrogens is 263 g/mol. The lowest BCUT2D eigenvalue weighted by molar-refractivity contribution is 1.42. The van der Waals surface area contributed by atoms with Gasteiger partial charge in [-0.1, -0.05) is 18.2 Å². The number of nitrogens with one attached hydrogen (secondary N) is 1. The summed E-state index contributed by atoms with van der Waals surface area (Å²) in [6, 6.07) is 8.15. The molecule has 0 bridgehead atoms. The van der Waals surface area contributed by atoms with E-state index in [2.05, 4.69) is 45.9 Å². The van der Waals surface area contributed by atoms with Gasteiger partial charge in [-0.3, -0.25) is 4.99 Å². The number of anilines is 1. The number of hydrogen-bond donors (Lipinski definition) is 1. The zero-order valence-electron chi connectivity index (χ0n) is 7.13. The van der Waals surface area contributed by atoms with Crippen molar-refractivity contribution in [2.24, 2.45) is 4.99 Å². The minimum Gasteiger partial charge on any atom is -0.335 e. The second-order valence-electron chi connectivity index (χ2n) is 2.45. The highest BCUT2D eigenvalue weighted by Crippen LogP contribution is 2.13. The molecule has 1 N–H and O–H groups in total. The molecule has 1 aromatic rings. The molecule has 2 nitrogen and oxygen atoms in total. The van der Waals surface area contributed by atoms with Gasteiger partial charge in [0.1, 0.15) is 0 Å². The van der Waals surface area contributed by atoms with Gasteiger partial charge in [-0.05, 0) is 41.1 Å². The van der Waals surface area contributed by atoms with E-state index in [0.717, 1.165) is 9.53 Å². The van der Waals surface area contributed by atoms with Crippen molar-refractivity contribution < 1.29 is 0 Å². The number of aliphatic imine (C=N–C) groups is 1. The third-order valence-electron chi connectivity index (χ3n) is 1.58. The van der Waals surface area contributed by atoms with E-state index in [4.69, 9.17) is 0 Å². The van der Waals surface area contributed by atoms with Crippen molar-refractivity contribution in [3.05, 3.63) is 29.8 Å². The van der Waals surface area contributed by atoms with Crippen LogP contribution in [0.5, 0.6) is 0 Å². The van der Waals surface area contributed by atoms with Crippen molar-refractivity contribution in [2.75, 3.05) is 12.4 Å². The summed E-state index contributed by atoms with van der Waals surface area (Å²) in [7, 11) is 1.77. The van der Waals surface area contributed by atoms with E-state index in [1.165, 1.54) is 5.56 Å². The first-order valence-corrected chi connectivity index (χ1v) is 4.77. The minimum absolute atomic E-state index is 0.905. The third kappa shape index (κ3) is 2.48. The van der Waals surface area contributed by atoms with Gasteiger partial charge < -0.3 is 5.32 Å². The van der Waals surface area contributed by atoms with Gasteiger partial charge in [0.2, 0.25) is 0 Å². The van der Waals surface area contributed by atoms with Crippen molar-refractivity contribution >= 4 is 32.1 Å². The number of hydrogen-bond acceptors (Lipinski definition) is 1. The molecule has 0 aromatic heterocycles. The average molecular weight is 274 g/mol. The smallest absolute Gasteiger partial charge is 0.164 e. The first-order valence-electron chi connectivity index (χ1n) is 3.69. The van der Waals surface area contributed by atoms with E-state index in [1.807, 2.05) is 18.2 Å². The molecule has 1 aromatic carbocycles. The molecule has 0 fully saturated rings. The van der Waals surface area contributed by atoms with Gasteiger partial charge in [0.15, 0.2) is 3.84 Å². The molecule has 1 rings (SSSR count). The van der Waals surface area contributed by atoms with Gasteiger partial charge in [-0.15, -0.1) is 0 Å². The van der Waals surface area contributed by atoms with Gasteiger partial charge >= 0.3 is 0 Å². The Morgan fingerprint density at radius 3 is 2.67 bits per heavy atom. The molecule has 3 heteroatoms. The van der Waals surface area contributed by atoms with Gasteiger partial charge in [-0.25, -0.2) is 0 Å². The third-order valence-corrected chi connectivity index (χ3v) is 2.33. The van der Waals surface area contributed by atoms with Crippen LogP contribution < -0.4 is 5.32 Å². The van der Waals surface area contributed by atoms with Gasteiger partial charge in [-0.2, -0.15) is 0 Å². The van der Waals surface area contributed by atoms with Crippen LogP contribution in [0.1, 0.15) is 5.56 Å². The Morgan fingerprint density at radius 1 is 1.42 bits per heavy atom. The van der Waals surface area contributed by atoms with Crippen LogP contribution in [0, 0.1) is 6.92 Å². The van der Waals surface area contributed by atoms with E-state index >= 15 is 0 Å². The Kier molecular flexibility index (Phi) is 3.52. The summed E-state index contributed by atoms with van der Waals surface area (Å²) in [5.74, 6) is 0. The van der Waals surface area contributed by atoms with Crippen LogP contribution >= 0.6 is 22.6 Å². The van der Waals surface area contributed by atoms with Crippen molar-refractivity contribution in [1.29, 1.82) is 0 Å². The maximum Gasteiger partial charge on any atom is 0.164 e. The van der Waals surface area contributed by atoms with Crippen LogP contribution in [0.4, 0.5) is 5.69 Å². The molecule has 0 atom stereocenters. The Bertz CT molecular complexity index is 294. The molecule has 0 heterocycles. The van der Waals surface area contributed by atoms with Crippen molar-refractivity contribution in [3.8, 4) is 0 Å². The molecular formula is C9H11IN2. The first-order chi connectivity index (χ1) is 5.74. The van der Waals surface area contributed by atoms with Gasteiger partial charge in [0, 0.05) is 12.7 Å². The number of rotatable bonds is 1. The highest BCUT2D eigenvalue weighted by Gasteiger charge is 1.96. The minimum atomic E-state index is 0.905. The highest BCUT2D eigenvalue weighted by atomic mass is 127. The van der Waals surface area contributed by atoms with Gasteiger partial charge in [0.25, 0.3) is 0 Å². The first kappa shape index (κ1) is 9.51. The van der Waals surface area contributed by atoms with Crippen LogP contribution in [0.15, 0.2) is 29.3 Å². The summed E-state index contributed by atoms with van der Waals surface area (Å²) in [6.07, 6.45) is 0. The maximum atomic E-state index is 4.02. The molecule has 0 spiro atoms.